The van der Waals surface area contributed by atoms with Crippen LogP contribution in [0.2, 0.25) is 5.02 Å². The first kappa shape index (κ1) is 9.49. The van der Waals surface area contributed by atoms with Gasteiger partial charge in [-0.05, 0) is 30.5 Å². The monoisotopic (exact) mass is 226 g/mol. The second-order valence-corrected chi connectivity index (χ2v) is 4.16. The maximum absolute atomic E-state index is 11.8. The van der Waals surface area contributed by atoms with Crippen molar-refractivity contribution < 1.29 is 9.21 Å². The van der Waals surface area contributed by atoms with Crippen LogP contribution in [0.3, 0.4) is 0 Å². The summed E-state index contributed by atoms with van der Waals surface area (Å²) in [5.74, 6) is 0.908. The molecule has 14 heavy (non-hydrogen) atoms. The average molecular weight is 227 g/mol. The molecule has 2 rings (SSSR count). The Labute approximate surface area is 90.1 Å². The van der Waals surface area contributed by atoms with Gasteiger partial charge >= 0.3 is 0 Å². The number of carbonyl (C=O) groups is 1. The van der Waals surface area contributed by atoms with Crippen LogP contribution in [0.1, 0.15) is 21.2 Å². The highest BCUT2D eigenvalue weighted by Gasteiger charge is 2.16. The average Bonchev–Trinajstić information content (AvgIpc) is 2.73. The Morgan fingerprint density at radius 2 is 2.21 bits per heavy atom. The molecule has 0 saturated carbocycles. The largest absolute Gasteiger partial charge is 0.458 e. The van der Waals surface area contributed by atoms with E-state index in [0.717, 1.165) is 5.76 Å². The van der Waals surface area contributed by atoms with Crippen LogP contribution in [0.15, 0.2) is 28.0 Å². The lowest BCUT2D eigenvalue weighted by atomic mass is 10.2. The van der Waals surface area contributed by atoms with Gasteiger partial charge in [0.05, 0.1) is 9.90 Å². The molecule has 0 unspecified atom stereocenters. The van der Waals surface area contributed by atoms with Crippen molar-refractivity contribution in [3.63, 3.8) is 0 Å². The molecule has 0 N–H and O–H groups in total. The molecule has 0 amide bonds. The predicted molar refractivity (Wildman–Crippen MR) is 56.2 cm³/mol. The summed E-state index contributed by atoms with van der Waals surface area (Å²) in [5, 5.41) is 2.26. The molecular formula is C10H7ClO2S. The molecule has 0 spiro atoms. The van der Waals surface area contributed by atoms with E-state index in [1.807, 2.05) is 0 Å². The minimum Gasteiger partial charge on any atom is -0.458 e. The lowest BCUT2D eigenvalue weighted by Gasteiger charge is -1.93. The molecular weight excluding hydrogens is 220 g/mol. The first-order valence-corrected chi connectivity index (χ1v) is 5.28. The number of halogens is 1. The SMILES string of the molecule is Cc1ccc(C(=O)c2sccc2Cl)o1. The standard InChI is InChI=1S/C10H7ClO2S/c1-6-2-3-8(13-6)9(12)10-7(11)4-5-14-10/h2-5H,1H3. The molecule has 0 aliphatic rings. The molecule has 2 nitrogen and oxygen atoms in total. The van der Waals surface area contributed by atoms with Crippen LogP contribution in [0.5, 0.6) is 0 Å². The highest BCUT2D eigenvalue weighted by atomic mass is 35.5. The Kier molecular flexibility index (Phi) is 2.44. The second kappa shape index (κ2) is 3.59. The summed E-state index contributed by atoms with van der Waals surface area (Å²) in [5.41, 5.74) is 0. The van der Waals surface area contributed by atoms with E-state index in [2.05, 4.69) is 0 Å². The van der Waals surface area contributed by atoms with Crippen LogP contribution >= 0.6 is 22.9 Å². The van der Waals surface area contributed by atoms with Crippen LogP contribution in [0.25, 0.3) is 0 Å². The zero-order chi connectivity index (χ0) is 10.1. The van der Waals surface area contributed by atoms with E-state index in [9.17, 15) is 4.79 Å². The van der Waals surface area contributed by atoms with Gasteiger partial charge in [-0.3, -0.25) is 4.79 Å². The number of aryl methyl sites for hydroxylation is 1. The molecule has 0 fully saturated rings. The number of thiophene rings is 1. The van der Waals surface area contributed by atoms with Crippen molar-refractivity contribution in [1.29, 1.82) is 0 Å². The van der Waals surface area contributed by atoms with E-state index < -0.39 is 0 Å². The molecule has 72 valence electrons. The van der Waals surface area contributed by atoms with Gasteiger partial charge in [0.15, 0.2) is 5.76 Å². The smallest absolute Gasteiger partial charge is 0.239 e. The van der Waals surface area contributed by atoms with E-state index >= 15 is 0 Å². The van der Waals surface area contributed by atoms with Crippen LogP contribution in [0.4, 0.5) is 0 Å². The highest BCUT2D eigenvalue weighted by molar-refractivity contribution is 7.13. The molecule has 0 atom stereocenters. The first-order valence-electron chi connectivity index (χ1n) is 4.02. The van der Waals surface area contributed by atoms with Gasteiger partial charge in [0.1, 0.15) is 5.76 Å². The van der Waals surface area contributed by atoms with Crippen molar-refractivity contribution >= 4 is 28.7 Å². The fourth-order valence-corrected chi connectivity index (χ4v) is 2.21. The van der Waals surface area contributed by atoms with Crippen LogP contribution < -0.4 is 0 Å². The van der Waals surface area contributed by atoms with Gasteiger partial charge in [-0.15, -0.1) is 11.3 Å². The van der Waals surface area contributed by atoms with Crippen LogP contribution in [-0.4, -0.2) is 5.78 Å². The van der Waals surface area contributed by atoms with Crippen molar-refractivity contribution in [2.24, 2.45) is 0 Å². The Hall–Kier alpha value is -1.06. The quantitative estimate of drug-likeness (QED) is 0.734. The normalized spacial score (nSPS) is 10.4. The zero-order valence-corrected chi connectivity index (χ0v) is 8.98. The maximum Gasteiger partial charge on any atom is 0.239 e. The molecule has 0 aliphatic carbocycles. The van der Waals surface area contributed by atoms with Crippen molar-refractivity contribution in [3.8, 4) is 0 Å². The van der Waals surface area contributed by atoms with Crippen LogP contribution in [-0.2, 0) is 0 Å². The molecule has 0 radical (unpaired) electrons. The molecule has 0 bridgehead atoms. The number of ketones is 1. The third kappa shape index (κ3) is 1.61. The highest BCUT2D eigenvalue weighted by Crippen LogP contribution is 2.25. The fourth-order valence-electron chi connectivity index (χ4n) is 1.12. The Morgan fingerprint density at radius 1 is 1.43 bits per heavy atom. The molecule has 2 heterocycles. The number of hydrogen-bond donors (Lipinski definition) is 0. The summed E-state index contributed by atoms with van der Waals surface area (Å²) < 4.78 is 5.22. The van der Waals surface area contributed by atoms with Crippen molar-refractivity contribution in [1.82, 2.24) is 0 Å². The van der Waals surface area contributed by atoms with Crippen molar-refractivity contribution in [3.05, 3.63) is 45.0 Å². The Bertz CT molecular complexity index is 470. The third-order valence-corrected chi connectivity index (χ3v) is 3.13. The lowest BCUT2D eigenvalue weighted by Crippen LogP contribution is -1.96. The summed E-state index contributed by atoms with van der Waals surface area (Å²) in [6.07, 6.45) is 0. The summed E-state index contributed by atoms with van der Waals surface area (Å²) in [6.45, 7) is 1.80. The molecule has 4 heteroatoms. The van der Waals surface area contributed by atoms with E-state index in [1.54, 1.807) is 30.5 Å². The molecule has 2 aromatic rings. The van der Waals surface area contributed by atoms with Crippen molar-refractivity contribution in [2.45, 2.75) is 6.92 Å². The summed E-state index contributed by atoms with van der Waals surface area (Å²) >= 11 is 7.16. The summed E-state index contributed by atoms with van der Waals surface area (Å²) in [4.78, 5) is 12.3. The lowest BCUT2D eigenvalue weighted by molar-refractivity contribution is 0.101. The molecule has 2 aromatic heterocycles. The minimum atomic E-state index is -0.155. The molecule has 0 saturated heterocycles. The van der Waals surface area contributed by atoms with Gasteiger partial charge in [0, 0.05) is 0 Å². The first-order chi connectivity index (χ1) is 6.68. The number of rotatable bonds is 2. The minimum absolute atomic E-state index is 0.155. The Balaban J connectivity index is 2.38. The molecule has 0 aliphatic heterocycles. The number of hydrogen-bond acceptors (Lipinski definition) is 3. The van der Waals surface area contributed by atoms with Gasteiger partial charge in [0.2, 0.25) is 5.78 Å². The topological polar surface area (TPSA) is 30.2 Å². The maximum atomic E-state index is 11.8. The van der Waals surface area contributed by atoms with Crippen LogP contribution in [0, 0.1) is 6.92 Å². The van der Waals surface area contributed by atoms with E-state index in [0.29, 0.717) is 15.7 Å². The van der Waals surface area contributed by atoms with Gasteiger partial charge in [0.25, 0.3) is 0 Å². The van der Waals surface area contributed by atoms with E-state index in [-0.39, 0.29) is 5.78 Å². The van der Waals surface area contributed by atoms with E-state index in [4.69, 9.17) is 16.0 Å². The number of furan rings is 1. The van der Waals surface area contributed by atoms with Gasteiger partial charge in [-0.1, -0.05) is 11.6 Å². The Morgan fingerprint density at radius 3 is 2.71 bits per heavy atom. The third-order valence-electron chi connectivity index (χ3n) is 1.79. The predicted octanol–water partition coefficient (Wildman–Crippen LogP) is 3.53. The van der Waals surface area contributed by atoms with Crippen molar-refractivity contribution in [2.75, 3.05) is 0 Å². The summed E-state index contributed by atoms with van der Waals surface area (Å²) in [7, 11) is 0. The molecule has 0 aromatic carbocycles. The fraction of sp³-hybridized carbons (Fsp3) is 0.100. The van der Waals surface area contributed by atoms with Gasteiger partial charge in [-0.25, -0.2) is 0 Å². The summed E-state index contributed by atoms with van der Waals surface area (Å²) in [6, 6.07) is 5.12. The van der Waals surface area contributed by atoms with Gasteiger partial charge in [-0.2, -0.15) is 0 Å². The van der Waals surface area contributed by atoms with E-state index in [1.165, 1.54) is 11.3 Å². The number of carbonyl (C=O) groups excluding carboxylic acids is 1. The second-order valence-electron chi connectivity index (χ2n) is 2.84. The van der Waals surface area contributed by atoms with Gasteiger partial charge < -0.3 is 4.42 Å². The zero-order valence-electron chi connectivity index (χ0n) is 7.41.